The van der Waals surface area contributed by atoms with E-state index in [9.17, 15) is 4.79 Å². The predicted molar refractivity (Wildman–Crippen MR) is 91.1 cm³/mol. The smallest absolute Gasteiger partial charge is 0.174 e. The molecule has 112 valence electrons. The maximum Gasteiger partial charge on any atom is 0.174 e. The van der Waals surface area contributed by atoms with E-state index in [-0.39, 0.29) is 5.78 Å². The molecule has 2 nitrogen and oxygen atoms in total. The quantitative estimate of drug-likeness (QED) is 0.536. The standard InChI is InChI=1S/C16H17Cl2NOS/c1-4-19-10(2)7-13(11(19)3)15(20)9-21-16-8-12(17)5-6-14(16)18/h5-8H,4,9H2,1-3H3. The third kappa shape index (κ3) is 3.65. The number of ketones is 1. The van der Waals surface area contributed by atoms with Gasteiger partial charge in [0.15, 0.2) is 5.78 Å². The summed E-state index contributed by atoms with van der Waals surface area (Å²) in [6.45, 7) is 6.96. The molecule has 0 aliphatic rings. The lowest BCUT2D eigenvalue weighted by atomic mass is 10.2. The lowest BCUT2D eigenvalue weighted by Gasteiger charge is -2.06. The van der Waals surface area contributed by atoms with E-state index in [0.29, 0.717) is 15.8 Å². The molecular weight excluding hydrogens is 325 g/mol. The number of aryl methyl sites for hydroxylation is 1. The monoisotopic (exact) mass is 341 g/mol. The predicted octanol–water partition coefficient (Wildman–Crippen LogP) is 5.41. The Morgan fingerprint density at radius 3 is 2.57 bits per heavy atom. The van der Waals surface area contributed by atoms with Crippen LogP contribution < -0.4 is 0 Å². The highest BCUT2D eigenvalue weighted by Gasteiger charge is 2.15. The third-order valence-electron chi connectivity index (χ3n) is 3.44. The number of Topliss-reactive ketones (excluding diaryl/α,β-unsaturated/α-hetero) is 1. The number of carbonyl (C=O) groups is 1. The number of hydrogen-bond donors (Lipinski definition) is 0. The number of carbonyl (C=O) groups excluding carboxylic acids is 1. The normalized spacial score (nSPS) is 10.9. The van der Waals surface area contributed by atoms with Crippen molar-refractivity contribution in [2.75, 3.05) is 5.75 Å². The van der Waals surface area contributed by atoms with E-state index in [2.05, 4.69) is 11.5 Å². The van der Waals surface area contributed by atoms with Gasteiger partial charge >= 0.3 is 0 Å². The molecule has 2 aromatic rings. The van der Waals surface area contributed by atoms with Crippen LogP contribution in [0.15, 0.2) is 29.2 Å². The zero-order valence-corrected chi connectivity index (χ0v) is 14.6. The summed E-state index contributed by atoms with van der Waals surface area (Å²) in [4.78, 5) is 13.2. The number of nitrogens with zero attached hydrogens (tertiary/aromatic N) is 1. The van der Waals surface area contributed by atoms with Crippen LogP contribution in [0.1, 0.15) is 28.7 Å². The number of rotatable bonds is 5. The van der Waals surface area contributed by atoms with Gasteiger partial charge in [0, 0.05) is 33.4 Å². The molecule has 1 aromatic heterocycles. The summed E-state index contributed by atoms with van der Waals surface area (Å²) in [6.07, 6.45) is 0. The minimum absolute atomic E-state index is 0.115. The van der Waals surface area contributed by atoms with Crippen LogP contribution in [0.5, 0.6) is 0 Å². The molecule has 1 aromatic carbocycles. The molecule has 0 bridgehead atoms. The van der Waals surface area contributed by atoms with Crippen molar-refractivity contribution in [3.8, 4) is 0 Å². The van der Waals surface area contributed by atoms with Gasteiger partial charge in [0.05, 0.1) is 10.8 Å². The molecule has 0 aliphatic heterocycles. The SMILES string of the molecule is CCn1c(C)cc(C(=O)CSc2cc(Cl)ccc2Cl)c1C. The van der Waals surface area contributed by atoms with E-state index in [1.165, 1.54) is 11.8 Å². The molecular formula is C16H17Cl2NOS. The van der Waals surface area contributed by atoms with Crippen molar-refractivity contribution in [2.45, 2.75) is 32.2 Å². The Bertz CT molecular complexity index is 679. The molecule has 1 heterocycles. The third-order valence-corrected chi connectivity index (χ3v) is 5.17. The second-order valence-corrected chi connectivity index (χ2v) is 6.68. The van der Waals surface area contributed by atoms with E-state index in [0.717, 1.165) is 28.4 Å². The Morgan fingerprint density at radius 1 is 1.24 bits per heavy atom. The molecule has 0 atom stereocenters. The molecule has 0 aliphatic carbocycles. The average Bonchev–Trinajstić information content (AvgIpc) is 2.74. The van der Waals surface area contributed by atoms with Crippen molar-refractivity contribution >= 4 is 40.7 Å². The number of benzene rings is 1. The van der Waals surface area contributed by atoms with Crippen LogP contribution in [0.4, 0.5) is 0 Å². The highest BCUT2D eigenvalue weighted by Crippen LogP contribution is 2.30. The van der Waals surface area contributed by atoms with Gasteiger partial charge in [-0.2, -0.15) is 0 Å². The van der Waals surface area contributed by atoms with Crippen LogP contribution in [-0.4, -0.2) is 16.1 Å². The first-order valence-electron chi connectivity index (χ1n) is 6.71. The topological polar surface area (TPSA) is 22.0 Å². The van der Waals surface area contributed by atoms with Gasteiger partial charge in [0.2, 0.25) is 0 Å². The number of halogens is 2. The molecule has 0 spiro atoms. The second kappa shape index (κ2) is 6.91. The van der Waals surface area contributed by atoms with E-state index >= 15 is 0 Å². The van der Waals surface area contributed by atoms with Gasteiger partial charge < -0.3 is 4.57 Å². The van der Waals surface area contributed by atoms with Gasteiger partial charge in [0.1, 0.15) is 0 Å². The van der Waals surface area contributed by atoms with Gasteiger partial charge in [-0.05, 0) is 45.0 Å². The summed E-state index contributed by atoms with van der Waals surface area (Å²) in [5.41, 5.74) is 2.93. The van der Waals surface area contributed by atoms with Gasteiger partial charge in [-0.3, -0.25) is 4.79 Å². The first-order chi connectivity index (χ1) is 9.93. The maximum absolute atomic E-state index is 12.4. The molecule has 0 radical (unpaired) electrons. The molecule has 0 fully saturated rings. The minimum Gasteiger partial charge on any atom is -0.349 e. The summed E-state index contributed by atoms with van der Waals surface area (Å²) < 4.78 is 2.14. The van der Waals surface area contributed by atoms with Crippen LogP contribution in [0.2, 0.25) is 10.0 Å². The highest BCUT2D eigenvalue weighted by atomic mass is 35.5. The fourth-order valence-corrected chi connectivity index (χ4v) is 3.76. The van der Waals surface area contributed by atoms with Gasteiger partial charge in [-0.1, -0.05) is 23.2 Å². The lowest BCUT2D eigenvalue weighted by molar-refractivity contribution is 0.102. The summed E-state index contributed by atoms with van der Waals surface area (Å²) in [5.74, 6) is 0.470. The van der Waals surface area contributed by atoms with E-state index in [1.807, 2.05) is 19.9 Å². The number of aromatic nitrogens is 1. The minimum atomic E-state index is 0.115. The van der Waals surface area contributed by atoms with Crippen molar-refractivity contribution in [1.29, 1.82) is 0 Å². The van der Waals surface area contributed by atoms with E-state index in [4.69, 9.17) is 23.2 Å². The van der Waals surface area contributed by atoms with Crippen molar-refractivity contribution in [3.05, 3.63) is 51.3 Å². The summed E-state index contributed by atoms with van der Waals surface area (Å²) >= 11 is 13.5. The van der Waals surface area contributed by atoms with Gasteiger partial charge in [-0.15, -0.1) is 11.8 Å². The fourth-order valence-electron chi connectivity index (χ4n) is 2.38. The van der Waals surface area contributed by atoms with Crippen LogP contribution in [0.3, 0.4) is 0 Å². The Morgan fingerprint density at radius 2 is 1.95 bits per heavy atom. The lowest BCUT2D eigenvalue weighted by Crippen LogP contribution is -2.05. The van der Waals surface area contributed by atoms with Crippen LogP contribution in [0.25, 0.3) is 0 Å². The van der Waals surface area contributed by atoms with Crippen molar-refractivity contribution in [3.63, 3.8) is 0 Å². The summed E-state index contributed by atoms with van der Waals surface area (Å²) in [5, 5.41) is 1.25. The van der Waals surface area contributed by atoms with Gasteiger partial charge in [-0.25, -0.2) is 0 Å². The largest absolute Gasteiger partial charge is 0.349 e. The van der Waals surface area contributed by atoms with Crippen LogP contribution >= 0.6 is 35.0 Å². The summed E-state index contributed by atoms with van der Waals surface area (Å²) in [7, 11) is 0. The molecule has 21 heavy (non-hydrogen) atoms. The average molecular weight is 342 g/mol. The van der Waals surface area contributed by atoms with E-state index in [1.54, 1.807) is 18.2 Å². The second-order valence-electron chi connectivity index (χ2n) is 4.82. The highest BCUT2D eigenvalue weighted by molar-refractivity contribution is 8.00. The zero-order chi connectivity index (χ0) is 15.6. The molecule has 0 saturated heterocycles. The zero-order valence-electron chi connectivity index (χ0n) is 12.2. The van der Waals surface area contributed by atoms with Crippen molar-refractivity contribution in [1.82, 2.24) is 4.57 Å². The number of hydrogen-bond acceptors (Lipinski definition) is 2. The first-order valence-corrected chi connectivity index (χ1v) is 8.46. The molecule has 0 N–H and O–H groups in total. The van der Waals surface area contributed by atoms with Crippen LogP contribution in [-0.2, 0) is 6.54 Å². The van der Waals surface area contributed by atoms with Gasteiger partial charge in [0.25, 0.3) is 0 Å². The number of thioether (sulfide) groups is 1. The maximum atomic E-state index is 12.4. The first kappa shape index (κ1) is 16.5. The molecule has 0 amide bonds. The van der Waals surface area contributed by atoms with Crippen molar-refractivity contribution in [2.24, 2.45) is 0 Å². The summed E-state index contributed by atoms with van der Waals surface area (Å²) in [6, 6.07) is 7.24. The van der Waals surface area contributed by atoms with Crippen molar-refractivity contribution < 1.29 is 4.79 Å². The Balaban J connectivity index is 2.14. The molecule has 2 rings (SSSR count). The van der Waals surface area contributed by atoms with Crippen LogP contribution in [0, 0.1) is 13.8 Å². The molecule has 5 heteroatoms. The molecule has 0 saturated carbocycles. The Hall–Kier alpha value is -0.900. The van der Waals surface area contributed by atoms with E-state index < -0.39 is 0 Å². The fraction of sp³-hybridized carbons (Fsp3) is 0.312. The molecule has 0 unspecified atom stereocenters. The Labute approximate surface area is 139 Å². The Kier molecular flexibility index (Phi) is 5.42.